The van der Waals surface area contributed by atoms with Gasteiger partial charge in [-0.25, -0.2) is 9.13 Å². The van der Waals surface area contributed by atoms with Gasteiger partial charge in [-0.15, -0.1) is 0 Å². The van der Waals surface area contributed by atoms with E-state index >= 15 is 0 Å². The molecule has 3 rings (SSSR count). The first kappa shape index (κ1) is 42.1. The number of hydrogen-bond acceptors (Lipinski definition) is 0. The number of rotatable bonds is 32. The second kappa shape index (κ2) is 28.3. The Balaban J connectivity index is 1.53. The van der Waals surface area contributed by atoms with Crippen molar-refractivity contribution in [2.24, 2.45) is 0 Å². The Morgan fingerprint density at radius 1 is 0.500 bits per heavy atom. The molecule has 0 aliphatic carbocycles. The summed E-state index contributed by atoms with van der Waals surface area (Å²) in [5.41, 5.74) is 4.42. The van der Waals surface area contributed by atoms with Crippen LogP contribution in [-0.2, 0) is 25.9 Å². The quantitative estimate of drug-likeness (QED) is 0.0457. The molecule has 1 unspecified atom stereocenters. The lowest BCUT2D eigenvalue weighted by molar-refractivity contribution is -0.704. The van der Waals surface area contributed by atoms with Crippen LogP contribution in [0.1, 0.15) is 210 Å². The highest BCUT2D eigenvalue weighted by molar-refractivity contribution is 5.22. The highest BCUT2D eigenvalue weighted by Gasteiger charge is 2.25. The van der Waals surface area contributed by atoms with Crippen LogP contribution >= 0.6 is 0 Å². The molecule has 1 atom stereocenters. The van der Waals surface area contributed by atoms with Crippen molar-refractivity contribution in [2.45, 2.75) is 213 Å². The smallest absolute Gasteiger partial charge is 0.234 e. The van der Waals surface area contributed by atoms with Gasteiger partial charge in [0.05, 0.1) is 19.5 Å². The first-order valence-electron chi connectivity index (χ1n) is 21.9. The SMILES string of the molecule is CCCCCCCCCCCCCCCCCn1c(CC(C)c2ccccc2)c[n+](CCCCCCCCCCCC)c1Cc1ccccc1. The van der Waals surface area contributed by atoms with Gasteiger partial charge in [0.25, 0.3) is 5.82 Å². The van der Waals surface area contributed by atoms with Crippen molar-refractivity contribution in [3.63, 3.8) is 0 Å². The summed E-state index contributed by atoms with van der Waals surface area (Å²) in [5, 5.41) is 0. The van der Waals surface area contributed by atoms with E-state index in [9.17, 15) is 0 Å². The van der Waals surface area contributed by atoms with Gasteiger partial charge >= 0.3 is 0 Å². The molecule has 1 aromatic heterocycles. The number of benzene rings is 2. The fourth-order valence-corrected chi connectivity index (χ4v) is 7.87. The monoisotopic (exact) mass is 684 g/mol. The van der Waals surface area contributed by atoms with Crippen molar-refractivity contribution in [3.8, 4) is 0 Å². The predicted octanol–water partition coefficient (Wildman–Crippen LogP) is 14.5. The van der Waals surface area contributed by atoms with Crippen LogP contribution in [-0.4, -0.2) is 4.57 Å². The van der Waals surface area contributed by atoms with E-state index in [1.807, 2.05) is 0 Å². The third kappa shape index (κ3) is 18.2. The van der Waals surface area contributed by atoms with Gasteiger partial charge in [-0.05, 0) is 42.7 Å². The van der Waals surface area contributed by atoms with Gasteiger partial charge in [0.15, 0.2) is 0 Å². The van der Waals surface area contributed by atoms with Gasteiger partial charge in [-0.3, -0.25) is 0 Å². The lowest BCUT2D eigenvalue weighted by Crippen LogP contribution is -2.37. The van der Waals surface area contributed by atoms with E-state index in [0.29, 0.717) is 5.92 Å². The molecule has 0 fully saturated rings. The minimum Gasteiger partial charge on any atom is -0.234 e. The Kier molecular flexibility index (Phi) is 23.8. The molecule has 0 aliphatic heterocycles. The van der Waals surface area contributed by atoms with E-state index < -0.39 is 0 Å². The van der Waals surface area contributed by atoms with Crippen molar-refractivity contribution in [3.05, 3.63) is 89.5 Å². The highest BCUT2D eigenvalue weighted by atomic mass is 15.2. The van der Waals surface area contributed by atoms with E-state index in [1.165, 1.54) is 183 Å². The summed E-state index contributed by atoms with van der Waals surface area (Å²) in [5.74, 6) is 2.04. The predicted molar refractivity (Wildman–Crippen MR) is 219 cm³/mol. The summed E-state index contributed by atoms with van der Waals surface area (Å²) in [6.45, 7) is 9.35. The molecule has 0 radical (unpaired) electrons. The minimum absolute atomic E-state index is 0.515. The standard InChI is InChI=1S/C48H79N2/c1-4-6-8-10-12-14-16-17-18-19-20-22-24-26-34-40-50-47(41-44(3)46-37-31-28-32-38-46)43-49(48(50)42-45-35-29-27-30-36-45)39-33-25-23-21-15-13-11-9-7-5-2/h27-32,35-38,43-44H,4-26,33-34,39-42H2,1-3H3/q+1. The summed E-state index contributed by atoms with van der Waals surface area (Å²) in [7, 11) is 0. The number of unbranched alkanes of at least 4 members (excludes halogenated alkanes) is 23. The summed E-state index contributed by atoms with van der Waals surface area (Å²) < 4.78 is 5.42. The molecule has 2 nitrogen and oxygen atoms in total. The zero-order chi connectivity index (χ0) is 35.3. The maximum Gasteiger partial charge on any atom is 0.261 e. The summed E-state index contributed by atoms with van der Waals surface area (Å²) in [4.78, 5) is 0. The lowest BCUT2D eigenvalue weighted by atomic mass is 9.96. The van der Waals surface area contributed by atoms with Gasteiger partial charge in [0, 0.05) is 6.42 Å². The molecule has 0 saturated heterocycles. The molecule has 280 valence electrons. The first-order chi connectivity index (χ1) is 24.7. The Morgan fingerprint density at radius 3 is 1.40 bits per heavy atom. The van der Waals surface area contributed by atoms with Crippen LogP contribution in [0.15, 0.2) is 66.9 Å². The Bertz CT molecular complexity index is 1180. The molecule has 3 aromatic rings. The average Bonchev–Trinajstić information content (AvgIpc) is 3.45. The van der Waals surface area contributed by atoms with Gasteiger partial charge in [0.2, 0.25) is 0 Å². The lowest BCUT2D eigenvalue weighted by Gasteiger charge is -2.12. The number of aryl methyl sites for hydroxylation is 1. The Labute approximate surface area is 310 Å². The van der Waals surface area contributed by atoms with E-state index in [2.05, 4.69) is 96.8 Å². The highest BCUT2D eigenvalue weighted by Crippen LogP contribution is 2.23. The molecule has 0 N–H and O–H groups in total. The number of imidazole rings is 1. The van der Waals surface area contributed by atoms with E-state index in [0.717, 1.165) is 25.9 Å². The van der Waals surface area contributed by atoms with Crippen LogP contribution in [0, 0.1) is 0 Å². The van der Waals surface area contributed by atoms with Gasteiger partial charge in [-0.2, -0.15) is 0 Å². The first-order valence-corrected chi connectivity index (χ1v) is 21.9. The second-order valence-electron chi connectivity index (χ2n) is 15.7. The van der Waals surface area contributed by atoms with E-state index in [1.54, 1.807) is 0 Å². The van der Waals surface area contributed by atoms with Crippen LogP contribution in [0.3, 0.4) is 0 Å². The Morgan fingerprint density at radius 2 is 0.920 bits per heavy atom. The van der Waals surface area contributed by atoms with E-state index in [4.69, 9.17) is 0 Å². The van der Waals surface area contributed by atoms with Crippen molar-refractivity contribution >= 4 is 0 Å². The molecule has 2 aromatic carbocycles. The van der Waals surface area contributed by atoms with Crippen molar-refractivity contribution < 1.29 is 4.57 Å². The topological polar surface area (TPSA) is 8.81 Å². The molecule has 0 bridgehead atoms. The molecular weight excluding hydrogens is 605 g/mol. The van der Waals surface area contributed by atoms with Crippen LogP contribution in [0.4, 0.5) is 0 Å². The normalized spacial score (nSPS) is 12.1. The summed E-state index contributed by atoms with van der Waals surface area (Å²) in [6, 6.07) is 22.4. The zero-order valence-electron chi connectivity index (χ0n) is 33.3. The second-order valence-corrected chi connectivity index (χ2v) is 15.7. The minimum atomic E-state index is 0.515. The van der Waals surface area contributed by atoms with Crippen molar-refractivity contribution in [2.75, 3.05) is 0 Å². The van der Waals surface area contributed by atoms with Crippen LogP contribution in [0.5, 0.6) is 0 Å². The van der Waals surface area contributed by atoms with Crippen molar-refractivity contribution in [1.82, 2.24) is 4.57 Å². The molecule has 0 saturated carbocycles. The van der Waals surface area contributed by atoms with Gasteiger partial charge in [0.1, 0.15) is 11.9 Å². The average molecular weight is 684 g/mol. The largest absolute Gasteiger partial charge is 0.261 e. The van der Waals surface area contributed by atoms with Crippen molar-refractivity contribution in [1.29, 1.82) is 0 Å². The maximum absolute atomic E-state index is 2.75. The molecule has 50 heavy (non-hydrogen) atoms. The molecular formula is C48H79N2+. The van der Waals surface area contributed by atoms with Crippen LogP contribution in [0.25, 0.3) is 0 Å². The fourth-order valence-electron chi connectivity index (χ4n) is 7.87. The molecule has 2 heteroatoms. The maximum atomic E-state index is 2.75. The molecule has 0 amide bonds. The number of nitrogens with zero attached hydrogens (tertiary/aromatic N) is 2. The van der Waals surface area contributed by atoms with Gasteiger partial charge < -0.3 is 0 Å². The molecule has 0 spiro atoms. The van der Waals surface area contributed by atoms with Gasteiger partial charge in [-0.1, -0.05) is 216 Å². The van der Waals surface area contributed by atoms with E-state index in [-0.39, 0.29) is 0 Å². The molecule has 0 aliphatic rings. The van der Waals surface area contributed by atoms with Crippen LogP contribution < -0.4 is 4.57 Å². The third-order valence-electron chi connectivity index (χ3n) is 11.1. The summed E-state index contributed by atoms with van der Waals surface area (Å²) in [6.07, 6.45) is 39.9. The fraction of sp³-hybridized carbons (Fsp3) is 0.688. The zero-order valence-corrected chi connectivity index (χ0v) is 33.3. The Hall–Kier alpha value is -2.35. The third-order valence-corrected chi connectivity index (χ3v) is 11.1. The number of hydrogen-bond donors (Lipinski definition) is 0. The van der Waals surface area contributed by atoms with Crippen LogP contribution in [0.2, 0.25) is 0 Å². The molecule has 1 heterocycles. The number of aromatic nitrogens is 2. The summed E-state index contributed by atoms with van der Waals surface area (Å²) >= 11 is 0.